The lowest BCUT2D eigenvalue weighted by atomic mass is 10.1. The molecule has 3 aromatic rings. The van der Waals surface area contributed by atoms with E-state index in [2.05, 4.69) is 22.5 Å². The number of hydrogen-bond acceptors (Lipinski definition) is 5. The molecule has 2 N–H and O–H groups in total. The summed E-state index contributed by atoms with van der Waals surface area (Å²) in [5.74, 6) is 3.52. The molecule has 5 nitrogen and oxygen atoms in total. The number of unbranched alkanes of at least 4 members (excludes halogenated alkanes) is 1. The number of para-hydroxylation sites is 3. The Morgan fingerprint density at radius 1 is 1.07 bits per heavy atom. The summed E-state index contributed by atoms with van der Waals surface area (Å²) in [5.41, 5.74) is 2.20. The van der Waals surface area contributed by atoms with Gasteiger partial charge in [0.1, 0.15) is 11.6 Å². The maximum absolute atomic E-state index is 12.9. The lowest BCUT2D eigenvalue weighted by molar-refractivity contribution is 0.0955. The second-order valence-electron chi connectivity index (χ2n) is 6.97. The van der Waals surface area contributed by atoms with Crippen molar-refractivity contribution in [1.82, 2.24) is 10.3 Å². The van der Waals surface area contributed by atoms with E-state index in [1.165, 1.54) is 18.6 Å². The van der Waals surface area contributed by atoms with Crippen LogP contribution in [0.5, 0.6) is 5.75 Å². The van der Waals surface area contributed by atoms with Gasteiger partial charge in [-0.25, -0.2) is 4.98 Å². The summed E-state index contributed by atoms with van der Waals surface area (Å²) in [6, 6.07) is 17.2. The zero-order chi connectivity index (χ0) is 21.2. The van der Waals surface area contributed by atoms with Gasteiger partial charge in [-0.05, 0) is 48.6 Å². The molecule has 0 saturated carbocycles. The summed E-state index contributed by atoms with van der Waals surface area (Å²) < 4.78 is 5.41. The van der Waals surface area contributed by atoms with Crippen LogP contribution >= 0.6 is 11.8 Å². The Balaban J connectivity index is 1.74. The number of methoxy groups -OCH3 is 1. The van der Waals surface area contributed by atoms with Gasteiger partial charge in [0.05, 0.1) is 23.9 Å². The van der Waals surface area contributed by atoms with Gasteiger partial charge in [-0.1, -0.05) is 43.7 Å². The van der Waals surface area contributed by atoms with Crippen LogP contribution in [0.3, 0.4) is 0 Å². The third kappa shape index (κ3) is 5.89. The van der Waals surface area contributed by atoms with E-state index in [4.69, 9.17) is 4.74 Å². The summed E-state index contributed by atoms with van der Waals surface area (Å²) in [6.45, 7) is 2.88. The van der Waals surface area contributed by atoms with Crippen molar-refractivity contribution in [3.8, 4) is 5.75 Å². The number of ether oxygens (including phenoxy) is 1. The van der Waals surface area contributed by atoms with Crippen LogP contribution in [0.1, 0.15) is 36.5 Å². The molecule has 0 fully saturated rings. The van der Waals surface area contributed by atoms with Crippen LogP contribution in [-0.4, -0.2) is 36.1 Å². The highest BCUT2D eigenvalue weighted by Crippen LogP contribution is 2.28. The van der Waals surface area contributed by atoms with E-state index < -0.39 is 0 Å². The fourth-order valence-corrected chi connectivity index (χ4v) is 4.18. The number of carbonyl (C=O) groups is 1. The summed E-state index contributed by atoms with van der Waals surface area (Å²) in [7, 11) is 1.63. The summed E-state index contributed by atoms with van der Waals surface area (Å²) in [6.07, 6.45) is 3.45. The lowest BCUT2D eigenvalue weighted by Crippen LogP contribution is -2.25. The lowest BCUT2D eigenvalue weighted by Gasteiger charge is -2.13. The zero-order valence-corrected chi connectivity index (χ0v) is 18.4. The predicted octanol–water partition coefficient (Wildman–Crippen LogP) is 5.64. The van der Waals surface area contributed by atoms with E-state index in [1.54, 1.807) is 13.2 Å². The molecule has 30 heavy (non-hydrogen) atoms. The molecule has 1 heterocycles. The molecule has 0 saturated heterocycles. The average Bonchev–Trinajstić information content (AvgIpc) is 2.78. The van der Waals surface area contributed by atoms with E-state index in [-0.39, 0.29) is 5.91 Å². The van der Waals surface area contributed by atoms with Crippen molar-refractivity contribution in [3.05, 3.63) is 60.2 Å². The molecule has 0 spiro atoms. The number of thioether (sulfide) groups is 1. The SMILES string of the molecule is CCCCSCCCNC(=O)c1cc(Nc2ccccc2OC)nc2ccccc12. The number of nitrogens with zero attached hydrogens (tertiary/aromatic N) is 1. The molecule has 0 unspecified atom stereocenters. The Bertz CT molecular complexity index is 978. The Morgan fingerprint density at radius 3 is 2.67 bits per heavy atom. The summed E-state index contributed by atoms with van der Waals surface area (Å²) >= 11 is 1.95. The first-order valence-corrected chi connectivity index (χ1v) is 11.5. The van der Waals surface area contributed by atoms with Crippen LogP contribution in [0.4, 0.5) is 11.5 Å². The Morgan fingerprint density at radius 2 is 1.83 bits per heavy atom. The van der Waals surface area contributed by atoms with Gasteiger partial charge in [0.2, 0.25) is 0 Å². The van der Waals surface area contributed by atoms with Gasteiger partial charge >= 0.3 is 0 Å². The van der Waals surface area contributed by atoms with Crippen molar-refractivity contribution in [2.24, 2.45) is 0 Å². The highest BCUT2D eigenvalue weighted by Gasteiger charge is 2.13. The van der Waals surface area contributed by atoms with E-state index in [9.17, 15) is 4.79 Å². The van der Waals surface area contributed by atoms with Gasteiger partial charge in [0.25, 0.3) is 5.91 Å². The first kappa shape index (κ1) is 22.0. The number of aromatic nitrogens is 1. The third-order valence-corrected chi connectivity index (χ3v) is 5.88. The standard InChI is InChI=1S/C24H29N3O2S/c1-3-4-15-30-16-9-14-25-24(28)19-17-23(26-20-11-6-5-10-18(19)20)27-21-12-7-8-13-22(21)29-2/h5-8,10-13,17H,3-4,9,14-16H2,1-2H3,(H,25,28)(H,26,27). The van der Waals surface area contributed by atoms with Crippen LogP contribution in [-0.2, 0) is 0 Å². The van der Waals surface area contributed by atoms with E-state index in [1.807, 2.05) is 60.3 Å². The third-order valence-electron chi connectivity index (χ3n) is 4.72. The summed E-state index contributed by atoms with van der Waals surface area (Å²) in [4.78, 5) is 17.6. The highest BCUT2D eigenvalue weighted by atomic mass is 32.2. The van der Waals surface area contributed by atoms with Crippen LogP contribution in [0.25, 0.3) is 10.9 Å². The minimum atomic E-state index is -0.0739. The number of rotatable bonds is 11. The molecule has 0 aliphatic carbocycles. The van der Waals surface area contributed by atoms with Crippen molar-refractivity contribution in [2.75, 3.05) is 30.5 Å². The monoisotopic (exact) mass is 423 g/mol. The second kappa shape index (κ2) is 11.5. The quantitative estimate of drug-likeness (QED) is 0.391. The minimum Gasteiger partial charge on any atom is -0.495 e. The molecule has 3 rings (SSSR count). The fourth-order valence-electron chi connectivity index (χ4n) is 3.13. The minimum absolute atomic E-state index is 0.0739. The molecule has 1 aromatic heterocycles. The fraction of sp³-hybridized carbons (Fsp3) is 0.333. The smallest absolute Gasteiger partial charge is 0.252 e. The van der Waals surface area contributed by atoms with Crippen LogP contribution in [0.2, 0.25) is 0 Å². The van der Waals surface area contributed by atoms with Crippen LogP contribution in [0.15, 0.2) is 54.6 Å². The molecular weight excluding hydrogens is 394 g/mol. The molecule has 1 amide bonds. The van der Waals surface area contributed by atoms with E-state index >= 15 is 0 Å². The highest BCUT2D eigenvalue weighted by molar-refractivity contribution is 7.99. The maximum Gasteiger partial charge on any atom is 0.252 e. The number of nitrogens with one attached hydrogen (secondary N) is 2. The number of benzene rings is 2. The van der Waals surface area contributed by atoms with Gasteiger partial charge in [0, 0.05) is 11.9 Å². The number of fused-ring (bicyclic) bond motifs is 1. The van der Waals surface area contributed by atoms with Gasteiger partial charge in [-0.3, -0.25) is 4.79 Å². The first-order chi connectivity index (χ1) is 14.7. The van der Waals surface area contributed by atoms with Crippen LogP contribution in [0, 0.1) is 0 Å². The van der Waals surface area contributed by atoms with E-state index in [0.717, 1.165) is 34.5 Å². The molecule has 0 radical (unpaired) electrons. The second-order valence-corrected chi connectivity index (χ2v) is 8.20. The topological polar surface area (TPSA) is 63.2 Å². The van der Waals surface area contributed by atoms with Gasteiger partial charge < -0.3 is 15.4 Å². The molecule has 0 aliphatic heterocycles. The normalized spacial score (nSPS) is 10.7. The van der Waals surface area contributed by atoms with Crippen molar-refractivity contribution >= 4 is 40.1 Å². The number of hydrogen-bond donors (Lipinski definition) is 2. The molecular formula is C24H29N3O2S. The van der Waals surface area contributed by atoms with Crippen molar-refractivity contribution in [2.45, 2.75) is 26.2 Å². The molecule has 0 bridgehead atoms. The molecule has 0 atom stereocenters. The number of pyridine rings is 1. The van der Waals surface area contributed by atoms with Crippen molar-refractivity contribution in [3.63, 3.8) is 0 Å². The van der Waals surface area contributed by atoms with Gasteiger partial charge in [0.15, 0.2) is 0 Å². The Hall–Kier alpha value is -2.73. The predicted molar refractivity (Wildman–Crippen MR) is 127 cm³/mol. The largest absolute Gasteiger partial charge is 0.495 e. The maximum atomic E-state index is 12.9. The van der Waals surface area contributed by atoms with Crippen molar-refractivity contribution in [1.29, 1.82) is 0 Å². The molecule has 2 aromatic carbocycles. The molecule has 6 heteroatoms. The molecule has 0 aliphatic rings. The zero-order valence-electron chi connectivity index (χ0n) is 17.6. The van der Waals surface area contributed by atoms with Crippen molar-refractivity contribution < 1.29 is 9.53 Å². The number of carbonyl (C=O) groups excluding carboxylic acids is 1. The van der Waals surface area contributed by atoms with Gasteiger partial charge in [-0.2, -0.15) is 11.8 Å². The number of amides is 1. The van der Waals surface area contributed by atoms with Crippen LogP contribution < -0.4 is 15.4 Å². The summed E-state index contributed by atoms with van der Waals surface area (Å²) in [5, 5.41) is 7.20. The first-order valence-electron chi connectivity index (χ1n) is 10.4. The average molecular weight is 424 g/mol. The number of anilines is 2. The Kier molecular flexibility index (Phi) is 8.39. The van der Waals surface area contributed by atoms with Gasteiger partial charge in [-0.15, -0.1) is 0 Å². The van der Waals surface area contributed by atoms with E-state index in [0.29, 0.717) is 17.9 Å². The molecule has 158 valence electrons. The Labute approximate surface area is 182 Å².